The van der Waals surface area contributed by atoms with Gasteiger partial charge in [-0.15, -0.1) is 10.2 Å². The van der Waals surface area contributed by atoms with Crippen molar-refractivity contribution in [2.75, 3.05) is 80.6 Å². The number of hydrogen-bond acceptors (Lipinski definition) is 11. The summed E-state index contributed by atoms with van der Waals surface area (Å²) in [7, 11) is 0. The number of carbonyl (C=O) groups excluding carboxylic acids is 4. The Labute approximate surface area is 334 Å². The van der Waals surface area contributed by atoms with E-state index in [0.29, 0.717) is 74.7 Å². The van der Waals surface area contributed by atoms with Crippen molar-refractivity contribution < 1.29 is 33.1 Å². The molecular formula is C41H48F2N10O5. The number of anilines is 3. The van der Waals surface area contributed by atoms with Gasteiger partial charge in [0.1, 0.15) is 11.9 Å². The van der Waals surface area contributed by atoms with Crippen molar-refractivity contribution in [2.24, 2.45) is 5.92 Å². The van der Waals surface area contributed by atoms with Crippen molar-refractivity contribution in [3.05, 3.63) is 59.2 Å². The van der Waals surface area contributed by atoms with Crippen molar-refractivity contribution >= 4 is 40.9 Å². The third-order valence-corrected chi connectivity index (χ3v) is 12.9. The number of nitrogens with zero attached hydrogens (tertiary/aromatic N) is 8. The van der Waals surface area contributed by atoms with Gasteiger partial charge in [0.2, 0.25) is 11.8 Å². The molecular weight excluding hydrogens is 751 g/mol. The lowest BCUT2D eigenvalue weighted by Gasteiger charge is -2.51. The maximum Gasteiger partial charge on any atom is 0.320 e. The van der Waals surface area contributed by atoms with E-state index in [2.05, 4.69) is 55.4 Å². The number of piperidine rings is 2. The Bertz CT molecular complexity index is 2180. The second-order valence-electron chi connectivity index (χ2n) is 17.1. The van der Waals surface area contributed by atoms with Gasteiger partial charge in [0.15, 0.2) is 17.4 Å². The summed E-state index contributed by atoms with van der Waals surface area (Å²) in [5, 5.41) is 24.3. The third-order valence-electron chi connectivity index (χ3n) is 12.9. The number of phenols is 1. The Hall–Kier alpha value is -5.58. The van der Waals surface area contributed by atoms with Crippen LogP contribution in [0.2, 0.25) is 0 Å². The van der Waals surface area contributed by atoms with Gasteiger partial charge in [-0.3, -0.25) is 24.6 Å². The van der Waals surface area contributed by atoms with Crippen molar-refractivity contribution in [3.8, 4) is 17.0 Å². The number of benzene rings is 2. The first-order valence-electron chi connectivity index (χ1n) is 20.2. The van der Waals surface area contributed by atoms with Crippen LogP contribution >= 0.6 is 0 Å². The van der Waals surface area contributed by atoms with Gasteiger partial charge < -0.3 is 34.9 Å². The normalized spacial score (nSPS) is 23.7. The van der Waals surface area contributed by atoms with Gasteiger partial charge in [0.05, 0.1) is 23.0 Å². The topological polar surface area (TPSA) is 158 Å². The molecule has 6 aliphatic rings. The predicted octanol–water partition coefficient (Wildman–Crippen LogP) is 3.24. The Morgan fingerprint density at radius 2 is 1.74 bits per heavy atom. The first-order chi connectivity index (χ1) is 27.8. The quantitative estimate of drug-likeness (QED) is 0.326. The van der Waals surface area contributed by atoms with Gasteiger partial charge in [-0.05, 0) is 68.9 Å². The summed E-state index contributed by atoms with van der Waals surface area (Å²) < 4.78 is 28.2. The van der Waals surface area contributed by atoms with E-state index in [4.69, 9.17) is 0 Å². The summed E-state index contributed by atoms with van der Waals surface area (Å²) in [5.41, 5.74) is 2.95. The first-order valence-corrected chi connectivity index (χ1v) is 20.2. The number of hydrogen-bond donors (Lipinski definition) is 3. The van der Waals surface area contributed by atoms with E-state index in [1.807, 2.05) is 21.9 Å². The zero-order valence-corrected chi connectivity index (χ0v) is 32.7. The van der Waals surface area contributed by atoms with Gasteiger partial charge in [-0.1, -0.05) is 6.07 Å². The summed E-state index contributed by atoms with van der Waals surface area (Å²) in [6, 6.07) is 8.69. The van der Waals surface area contributed by atoms with Crippen LogP contribution in [0.5, 0.6) is 5.75 Å². The van der Waals surface area contributed by atoms with Crippen LogP contribution in [-0.2, 0) is 16.1 Å². The Morgan fingerprint density at radius 1 is 0.931 bits per heavy atom. The van der Waals surface area contributed by atoms with Crippen molar-refractivity contribution in [1.82, 2.24) is 35.1 Å². The van der Waals surface area contributed by atoms with Crippen LogP contribution in [-0.4, -0.2) is 142 Å². The lowest BCUT2D eigenvalue weighted by molar-refractivity contribution is -0.136. The van der Waals surface area contributed by atoms with Gasteiger partial charge in [-0.2, -0.15) is 0 Å². The largest absolute Gasteiger partial charge is 0.504 e. The number of piperazine rings is 2. The van der Waals surface area contributed by atoms with Crippen LogP contribution < -0.4 is 20.4 Å². The molecule has 17 heteroatoms. The molecule has 0 aliphatic carbocycles. The molecule has 3 aromatic rings. The van der Waals surface area contributed by atoms with Crippen LogP contribution in [0, 0.1) is 17.6 Å². The van der Waals surface area contributed by atoms with Gasteiger partial charge in [0, 0.05) is 101 Å². The maximum atomic E-state index is 14.1. The van der Waals surface area contributed by atoms with Crippen molar-refractivity contribution in [3.63, 3.8) is 0 Å². The SMILES string of the molecule is CC1(C)CN(CC2CCN(c3ccc4c(c3)C(=O)N([C@H]3CCC(=O)NC3=O)C4)CC2)CCN1C(=O)N1CCN2c3cc(-c4cc(F)cc(F)c4O)nnc3NC[C@H]2C1. The Morgan fingerprint density at radius 3 is 2.52 bits per heavy atom. The zero-order valence-electron chi connectivity index (χ0n) is 32.7. The molecule has 58 heavy (non-hydrogen) atoms. The predicted molar refractivity (Wildman–Crippen MR) is 210 cm³/mol. The number of nitrogens with one attached hydrogen (secondary N) is 2. The molecule has 3 N–H and O–H groups in total. The number of imide groups is 1. The standard InChI is InChI=1S/C41H48F2N10O5/c1-41(2)23-48(20-24-7-9-49(10-8-24)27-4-3-25-21-52(39(57)29(25)17-27)33-5-6-35(54)45-38(33)56)11-14-53(41)40(58)50-12-13-51-28(22-50)19-44-37-34(51)18-32(46-47-37)30-15-26(42)16-31(43)36(30)55/h3-4,15-18,24,28,33,55H,5-14,19-23H2,1-2H3,(H,44,47)(H,45,54,56)/t28-,33-/m0/s1. The number of rotatable bonds is 5. The fraction of sp³-hybridized carbons (Fsp3) is 0.512. The van der Waals surface area contributed by atoms with Crippen molar-refractivity contribution in [2.45, 2.75) is 63.7 Å². The van der Waals surface area contributed by atoms with E-state index in [9.17, 15) is 33.1 Å². The molecule has 2 atom stereocenters. The molecule has 306 valence electrons. The second kappa shape index (κ2) is 14.7. The van der Waals surface area contributed by atoms with Crippen LogP contribution in [0.4, 0.5) is 30.8 Å². The second-order valence-corrected chi connectivity index (χ2v) is 17.1. The van der Waals surface area contributed by atoms with E-state index in [0.717, 1.165) is 62.9 Å². The van der Waals surface area contributed by atoms with Gasteiger partial charge in [-0.25, -0.2) is 13.6 Å². The highest BCUT2D eigenvalue weighted by Gasteiger charge is 2.43. The fourth-order valence-electron chi connectivity index (χ4n) is 9.77. The number of halogens is 2. The summed E-state index contributed by atoms with van der Waals surface area (Å²) in [6.45, 7) is 11.6. The van der Waals surface area contributed by atoms with Crippen LogP contribution in [0.3, 0.4) is 0 Å². The van der Waals surface area contributed by atoms with Crippen LogP contribution in [0.15, 0.2) is 36.4 Å². The molecule has 1 aromatic heterocycles. The van der Waals surface area contributed by atoms with Gasteiger partial charge >= 0.3 is 6.03 Å². The molecule has 0 radical (unpaired) electrons. The molecule has 5 amide bonds. The maximum absolute atomic E-state index is 14.1. The average Bonchev–Trinajstić information content (AvgIpc) is 3.53. The lowest BCUT2D eigenvalue weighted by atomic mass is 9.93. The molecule has 0 bridgehead atoms. The average molecular weight is 799 g/mol. The minimum atomic E-state index is -1.07. The molecule has 0 spiro atoms. The highest BCUT2D eigenvalue weighted by molar-refractivity contribution is 6.05. The summed E-state index contributed by atoms with van der Waals surface area (Å²) >= 11 is 0. The number of fused-ring (bicyclic) bond motifs is 4. The summed E-state index contributed by atoms with van der Waals surface area (Å²) in [4.78, 5) is 64.1. The van der Waals surface area contributed by atoms with Crippen molar-refractivity contribution in [1.29, 1.82) is 0 Å². The van der Waals surface area contributed by atoms with Crippen LogP contribution in [0.25, 0.3) is 11.3 Å². The Kier molecular flexibility index (Phi) is 9.60. The fourth-order valence-corrected chi connectivity index (χ4v) is 9.77. The highest BCUT2D eigenvalue weighted by Crippen LogP contribution is 2.38. The van der Waals surface area contributed by atoms with E-state index >= 15 is 0 Å². The van der Waals surface area contributed by atoms with E-state index in [-0.39, 0.29) is 47.1 Å². The summed E-state index contributed by atoms with van der Waals surface area (Å²) in [6.07, 6.45) is 2.61. The number of phenolic OH excluding ortho intramolecular Hbond substituents is 1. The first kappa shape index (κ1) is 38.0. The molecule has 4 fully saturated rings. The number of aromatic hydroxyl groups is 1. The summed E-state index contributed by atoms with van der Waals surface area (Å²) in [5.74, 6) is -2.38. The molecule has 0 unspecified atom stereocenters. The molecule has 6 aliphatic heterocycles. The zero-order chi connectivity index (χ0) is 40.5. The molecule has 4 saturated heterocycles. The lowest BCUT2D eigenvalue weighted by Crippen LogP contribution is -2.67. The van der Waals surface area contributed by atoms with E-state index < -0.39 is 29.3 Å². The minimum Gasteiger partial charge on any atom is -0.504 e. The third kappa shape index (κ3) is 6.92. The molecule has 15 nitrogen and oxygen atoms in total. The smallest absolute Gasteiger partial charge is 0.320 e. The molecule has 0 saturated carbocycles. The molecule has 7 heterocycles. The monoisotopic (exact) mass is 798 g/mol. The number of urea groups is 1. The molecule has 2 aromatic carbocycles. The molecule has 9 rings (SSSR count). The van der Waals surface area contributed by atoms with Gasteiger partial charge in [0.25, 0.3) is 5.91 Å². The minimum absolute atomic E-state index is 0.0187. The number of aromatic nitrogens is 2. The van der Waals surface area contributed by atoms with E-state index in [1.165, 1.54) is 0 Å². The highest BCUT2D eigenvalue weighted by atomic mass is 19.1. The number of amides is 5. The van der Waals surface area contributed by atoms with Crippen LogP contribution in [0.1, 0.15) is 55.5 Å². The Balaban J connectivity index is 0.773. The van der Waals surface area contributed by atoms with E-state index in [1.54, 1.807) is 11.0 Å². The number of carbonyl (C=O) groups is 4.